The summed E-state index contributed by atoms with van der Waals surface area (Å²) in [6, 6.07) is 9.85. The van der Waals surface area contributed by atoms with Crippen LogP contribution in [0.1, 0.15) is 71.7 Å². The number of nitrogen functional groups attached to an aromatic ring is 1. The van der Waals surface area contributed by atoms with Gasteiger partial charge < -0.3 is 15.5 Å². The van der Waals surface area contributed by atoms with Crippen LogP contribution < -0.4 is 5.73 Å². The van der Waals surface area contributed by atoms with Crippen molar-refractivity contribution in [2.24, 2.45) is 28.6 Å². The van der Waals surface area contributed by atoms with Gasteiger partial charge in [-0.2, -0.15) is 0 Å². The van der Waals surface area contributed by atoms with E-state index in [1.807, 2.05) is 30.3 Å². The third-order valence-electron chi connectivity index (χ3n) is 6.77. The maximum absolute atomic E-state index is 13.5. The van der Waals surface area contributed by atoms with Crippen molar-refractivity contribution in [3.63, 3.8) is 0 Å². The molecule has 0 spiro atoms. The molecule has 0 saturated heterocycles. The van der Waals surface area contributed by atoms with Crippen molar-refractivity contribution < 1.29 is 9.53 Å². The molecule has 1 saturated carbocycles. The number of nitrogens with two attached hydrogens (primary N) is 1. The van der Waals surface area contributed by atoms with Crippen molar-refractivity contribution >= 4 is 11.8 Å². The molecule has 2 atom stereocenters. The van der Waals surface area contributed by atoms with Crippen LogP contribution in [0.3, 0.4) is 0 Å². The highest BCUT2D eigenvalue weighted by Crippen LogP contribution is 2.50. The quantitative estimate of drug-likeness (QED) is 0.564. The number of H-pyrrole nitrogens is 1. The van der Waals surface area contributed by atoms with Gasteiger partial charge in [0.05, 0.1) is 0 Å². The van der Waals surface area contributed by atoms with Crippen molar-refractivity contribution in [1.82, 2.24) is 4.98 Å². The lowest BCUT2D eigenvalue weighted by Gasteiger charge is -2.50. The SMILES string of the molecule is CC1CC(C(C)(C)C)C(OC(=O)c2c(-c3ccccc3)c[nH]c2N)C(C(C)(C)C)C1. The zero-order chi connectivity index (χ0) is 22.3. The average Bonchev–Trinajstić information content (AvgIpc) is 3.03. The first-order valence-corrected chi connectivity index (χ1v) is 11.1. The Hall–Kier alpha value is -2.23. The zero-order valence-electron chi connectivity index (χ0n) is 19.6. The zero-order valence-corrected chi connectivity index (χ0v) is 19.6. The lowest BCUT2D eigenvalue weighted by Crippen LogP contribution is -2.49. The molecular weight excluding hydrogens is 372 g/mol. The lowest BCUT2D eigenvalue weighted by atomic mass is 9.59. The summed E-state index contributed by atoms with van der Waals surface area (Å²) in [7, 11) is 0. The van der Waals surface area contributed by atoms with Gasteiger partial charge >= 0.3 is 5.97 Å². The van der Waals surface area contributed by atoms with Crippen LogP contribution >= 0.6 is 0 Å². The standard InChI is InChI=1S/C26H38N2O2/c1-16-13-19(25(2,3)4)22(20(14-16)26(5,6)7)30-24(29)21-18(15-28-23(21)27)17-11-9-8-10-12-17/h8-12,15-16,19-20,22,28H,13-14,27H2,1-7H3. The van der Waals surface area contributed by atoms with Gasteiger partial charge in [0.1, 0.15) is 17.5 Å². The second kappa shape index (κ2) is 8.13. The fourth-order valence-corrected chi connectivity index (χ4v) is 5.06. The molecule has 1 fully saturated rings. The van der Waals surface area contributed by atoms with Crippen molar-refractivity contribution in [1.29, 1.82) is 0 Å². The highest BCUT2D eigenvalue weighted by molar-refractivity contribution is 6.02. The molecule has 0 bridgehead atoms. The summed E-state index contributed by atoms with van der Waals surface area (Å²) < 4.78 is 6.37. The second-order valence-electron chi connectivity index (χ2n) is 11.2. The van der Waals surface area contributed by atoms with E-state index < -0.39 is 0 Å². The number of nitrogens with one attached hydrogen (secondary N) is 1. The van der Waals surface area contributed by atoms with Gasteiger partial charge in [-0.25, -0.2) is 4.79 Å². The van der Waals surface area contributed by atoms with Gasteiger partial charge in [-0.05, 0) is 35.2 Å². The number of hydrogen-bond acceptors (Lipinski definition) is 3. The van der Waals surface area contributed by atoms with E-state index in [2.05, 4.69) is 53.5 Å². The molecular formula is C26H38N2O2. The molecule has 164 valence electrons. The molecule has 1 aromatic carbocycles. The van der Waals surface area contributed by atoms with Crippen LogP contribution in [0, 0.1) is 28.6 Å². The molecule has 1 aromatic heterocycles. The van der Waals surface area contributed by atoms with Crippen LogP contribution in [0.4, 0.5) is 5.82 Å². The predicted octanol–water partition coefficient (Wildman–Crippen LogP) is 6.54. The molecule has 4 nitrogen and oxygen atoms in total. The van der Waals surface area contributed by atoms with Crippen molar-refractivity contribution in [3.8, 4) is 11.1 Å². The van der Waals surface area contributed by atoms with Crippen molar-refractivity contribution in [2.45, 2.75) is 67.4 Å². The summed E-state index contributed by atoms with van der Waals surface area (Å²) in [5.41, 5.74) is 8.48. The number of carbonyl (C=O) groups is 1. The Morgan fingerprint density at radius 2 is 1.53 bits per heavy atom. The van der Waals surface area contributed by atoms with Crippen LogP contribution in [-0.4, -0.2) is 17.1 Å². The number of benzene rings is 1. The van der Waals surface area contributed by atoms with E-state index >= 15 is 0 Å². The number of hydrogen-bond donors (Lipinski definition) is 2. The number of esters is 1. The van der Waals surface area contributed by atoms with Gasteiger partial charge in [-0.15, -0.1) is 0 Å². The molecule has 3 rings (SSSR count). The maximum Gasteiger partial charge on any atom is 0.342 e. The molecule has 0 amide bonds. The Morgan fingerprint density at radius 3 is 2.03 bits per heavy atom. The summed E-state index contributed by atoms with van der Waals surface area (Å²) in [4.78, 5) is 16.5. The summed E-state index contributed by atoms with van der Waals surface area (Å²) >= 11 is 0. The van der Waals surface area contributed by atoms with Gasteiger partial charge in [0.25, 0.3) is 0 Å². The topological polar surface area (TPSA) is 68.1 Å². The molecule has 0 radical (unpaired) electrons. The number of rotatable bonds is 3. The molecule has 1 aliphatic rings. The van der Waals surface area contributed by atoms with E-state index in [0.717, 1.165) is 24.0 Å². The Bertz CT molecular complexity index is 847. The Kier molecular flexibility index (Phi) is 6.08. The minimum atomic E-state index is -0.323. The number of aromatic amines is 1. The number of ether oxygens (including phenoxy) is 1. The molecule has 0 aliphatic heterocycles. The third-order valence-corrected chi connectivity index (χ3v) is 6.77. The van der Waals surface area contributed by atoms with Crippen LogP contribution in [0.15, 0.2) is 36.5 Å². The van der Waals surface area contributed by atoms with Gasteiger partial charge in [0.15, 0.2) is 0 Å². The Labute approximate surface area is 181 Å². The maximum atomic E-state index is 13.5. The largest absolute Gasteiger partial charge is 0.458 e. The minimum Gasteiger partial charge on any atom is -0.458 e. The summed E-state index contributed by atoms with van der Waals surface area (Å²) in [6.07, 6.45) is 3.81. The van der Waals surface area contributed by atoms with E-state index in [4.69, 9.17) is 10.5 Å². The van der Waals surface area contributed by atoms with Crippen LogP contribution in [0.2, 0.25) is 0 Å². The van der Waals surface area contributed by atoms with Crippen LogP contribution in [0.25, 0.3) is 11.1 Å². The van der Waals surface area contributed by atoms with Crippen LogP contribution in [0.5, 0.6) is 0 Å². The van der Waals surface area contributed by atoms with E-state index in [0.29, 0.717) is 29.1 Å². The minimum absolute atomic E-state index is 0.0507. The Morgan fingerprint density at radius 1 is 1.00 bits per heavy atom. The lowest BCUT2D eigenvalue weighted by molar-refractivity contribution is -0.0922. The third kappa shape index (κ3) is 4.58. The van der Waals surface area contributed by atoms with Crippen LogP contribution in [-0.2, 0) is 4.74 Å². The van der Waals surface area contributed by atoms with E-state index in [1.54, 1.807) is 6.20 Å². The van der Waals surface area contributed by atoms with Crippen molar-refractivity contribution in [2.75, 3.05) is 5.73 Å². The molecule has 2 aromatic rings. The first kappa shape index (κ1) is 22.5. The fourth-order valence-electron chi connectivity index (χ4n) is 5.06. The number of anilines is 1. The monoisotopic (exact) mass is 410 g/mol. The Balaban J connectivity index is 1.98. The number of carbonyl (C=O) groups excluding carboxylic acids is 1. The molecule has 2 unspecified atom stereocenters. The molecule has 4 heteroatoms. The van der Waals surface area contributed by atoms with Gasteiger partial charge in [0.2, 0.25) is 0 Å². The van der Waals surface area contributed by atoms with Crippen molar-refractivity contribution in [3.05, 3.63) is 42.1 Å². The molecule has 1 heterocycles. The van der Waals surface area contributed by atoms with Gasteiger partial charge in [0, 0.05) is 23.6 Å². The second-order valence-corrected chi connectivity index (χ2v) is 11.2. The van der Waals surface area contributed by atoms with E-state index in [-0.39, 0.29) is 22.9 Å². The smallest absolute Gasteiger partial charge is 0.342 e. The van der Waals surface area contributed by atoms with E-state index in [9.17, 15) is 4.79 Å². The van der Waals surface area contributed by atoms with Gasteiger partial charge in [-0.1, -0.05) is 78.8 Å². The molecule has 30 heavy (non-hydrogen) atoms. The predicted molar refractivity (Wildman–Crippen MR) is 124 cm³/mol. The van der Waals surface area contributed by atoms with Gasteiger partial charge in [-0.3, -0.25) is 0 Å². The molecule has 1 aliphatic carbocycles. The molecule has 3 N–H and O–H groups in total. The summed E-state index contributed by atoms with van der Waals surface area (Å²) in [5, 5.41) is 0. The fraction of sp³-hybridized carbons (Fsp3) is 0.577. The summed E-state index contributed by atoms with van der Waals surface area (Å²) in [5.74, 6) is 1.26. The summed E-state index contributed by atoms with van der Waals surface area (Å²) in [6.45, 7) is 15.9. The average molecular weight is 411 g/mol. The first-order chi connectivity index (χ1) is 13.9. The first-order valence-electron chi connectivity index (χ1n) is 11.1. The number of aromatic nitrogens is 1. The van der Waals surface area contributed by atoms with E-state index in [1.165, 1.54) is 0 Å². The highest BCUT2D eigenvalue weighted by Gasteiger charge is 2.48. The highest BCUT2D eigenvalue weighted by atomic mass is 16.5. The normalized spacial score (nSPS) is 25.2.